The summed E-state index contributed by atoms with van der Waals surface area (Å²) in [6.07, 6.45) is 3.91. The molecule has 4 nitrogen and oxygen atoms in total. The lowest BCUT2D eigenvalue weighted by atomic mass is 9.80. The summed E-state index contributed by atoms with van der Waals surface area (Å²) in [5, 5.41) is 6.57. The van der Waals surface area contributed by atoms with Crippen LogP contribution in [0.25, 0.3) is 0 Å². The molecule has 0 radical (unpaired) electrons. The van der Waals surface area contributed by atoms with Crippen LogP contribution in [-0.2, 0) is 9.53 Å². The Kier molecular flexibility index (Phi) is 3.73. The van der Waals surface area contributed by atoms with Crippen molar-refractivity contribution >= 4 is 5.91 Å². The molecular formula is C13H24N2O2. The zero-order valence-electron chi connectivity index (χ0n) is 11.0. The van der Waals surface area contributed by atoms with E-state index in [2.05, 4.69) is 24.5 Å². The molecule has 17 heavy (non-hydrogen) atoms. The zero-order valence-corrected chi connectivity index (χ0v) is 11.0. The maximum Gasteiger partial charge on any atom is 0.227 e. The average molecular weight is 240 g/mol. The second-order valence-electron chi connectivity index (χ2n) is 5.97. The lowest BCUT2D eigenvalue weighted by Crippen LogP contribution is -2.56. The fourth-order valence-corrected chi connectivity index (χ4v) is 2.62. The molecule has 0 aliphatic carbocycles. The van der Waals surface area contributed by atoms with Crippen molar-refractivity contribution in [2.24, 2.45) is 5.41 Å². The van der Waals surface area contributed by atoms with Gasteiger partial charge in [-0.3, -0.25) is 4.79 Å². The summed E-state index contributed by atoms with van der Waals surface area (Å²) in [5.41, 5.74) is -0.310. The Bertz CT molecular complexity index is 279. The molecule has 2 N–H and O–H groups in total. The van der Waals surface area contributed by atoms with Crippen LogP contribution in [0, 0.1) is 5.41 Å². The molecule has 98 valence electrons. The van der Waals surface area contributed by atoms with Crippen molar-refractivity contribution in [3.8, 4) is 0 Å². The third kappa shape index (κ3) is 2.99. The number of rotatable bonds is 2. The predicted octanol–water partition coefficient (Wildman–Crippen LogP) is 1.06. The van der Waals surface area contributed by atoms with Crippen LogP contribution in [0.1, 0.15) is 39.5 Å². The number of hydrogen-bond donors (Lipinski definition) is 2. The number of carbonyl (C=O) groups is 1. The number of amides is 1. The van der Waals surface area contributed by atoms with Gasteiger partial charge in [0.15, 0.2) is 0 Å². The van der Waals surface area contributed by atoms with Crippen molar-refractivity contribution in [2.45, 2.75) is 45.1 Å². The van der Waals surface area contributed by atoms with Crippen LogP contribution in [0.2, 0.25) is 0 Å². The van der Waals surface area contributed by atoms with Crippen LogP contribution in [0.3, 0.4) is 0 Å². The first-order valence-corrected chi connectivity index (χ1v) is 6.65. The molecule has 2 fully saturated rings. The normalized spacial score (nSPS) is 33.1. The fourth-order valence-electron chi connectivity index (χ4n) is 2.62. The number of carbonyl (C=O) groups excluding carboxylic acids is 1. The second kappa shape index (κ2) is 4.94. The summed E-state index contributed by atoms with van der Waals surface area (Å²) in [6.45, 7) is 7.54. The van der Waals surface area contributed by atoms with Crippen LogP contribution in [0.4, 0.5) is 0 Å². The van der Waals surface area contributed by atoms with Gasteiger partial charge < -0.3 is 15.4 Å². The Labute approximate surface area is 103 Å². The molecule has 0 saturated carbocycles. The van der Waals surface area contributed by atoms with E-state index in [-0.39, 0.29) is 16.9 Å². The second-order valence-corrected chi connectivity index (χ2v) is 5.97. The van der Waals surface area contributed by atoms with Gasteiger partial charge in [0.2, 0.25) is 5.91 Å². The molecule has 2 rings (SSSR count). The SMILES string of the molecule is CC1(NC(=O)C2(C)CCCNC2)CCOCC1. The Morgan fingerprint density at radius 1 is 1.24 bits per heavy atom. The summed E-state index contributed by atoms with van der Waals surface area (Å²) in [5.74, 6) is 0.203. The van der Waals surface area contributed by atoms with Crippen molar-refractivity contribution in [1.29, 1.82) is 0 Å². The highest BCUT2D eigenvalue weighted by molar-refractivity contribution is 5.83. The largest absolute Gasteiger partial charge is 0.381 e. The third-order valence-corrected chi connectivity index (χ3v) is 4.16. The molecule has 4 heteroatoms. The maximum absolute atomic E-state index is 12.4. The van der Waals surface area contributed by atoms with Crippen molar-refractivity contribution in [3.05, 3.63) is 0 Å². The number of hydrogen-bond acceptors (Lipinski definition) is 3. The van der Waals surface area contributed by atoms with Crippen LogP contribution in [0.5, 0.6) is 0 Å². The molecule has 1 atom stereocenters. The van der Waals surface area contributed by atoms with Gasteiger partial charge in [-0.15, -0.1) is 0 Å². The molecule has 2 saturated heterocycles. The molecule has 1 unspecified atom stereocenters. The smallest absolute Gasteiger partial charge is 0.227 e. The van der Waals surface area contributed by atoms with Gasteiger partial charge in [-0.05, 0) is 46.1 Å². The lowest BCUT2D eigenvalue weighted by Gasteiger charge is -2.40. The summed E-state index contributed by atoms with van der Waals surface area (Å²) >= 11 is 0. The average Bonchev–Trinajstić information content (AvgIpc) is 2.30. The van der Waals surface area contributed by atoms with Gasteiger partial charge in [0, 0.05) is 25.3 Å². The Morgan fingerprint density at radius 3 is 2.53 bits per heavy atom. The van der Waals surface area contributed by atoms with Gasteiger partial charge in [-0.1, -0.05) is 0 Å². The molecule has 2 heterocycles. The van der Waals surface area contributed by atoms with Crippen LogP contribution in [0.15, 0.2) is 0 Å². The van der Waals surface area contributed by atoms with E-state index >= 15 is 0 Å². The van der Waals surface area contributed by atoms with Gasteiger partial charge in [0.25, 0.3) is 0 Å². The van der Waals surface area contributed by atoms with E-state index in [0.717, 1.165) is 52.0 Å². The zero-order chi connectivity index (χ0) is 12.4. The minimum atomic E-state index is -0.237. The molecular weight excluding hydrogens is 216 g/mol. The highest BCUT2D eigenvalue weighted by atomic mass is 16.5. The van der Waals surface area contributed by atoms with E-state index in [1.807, 2.05) is 0 Å². The first-order chi connectivity index (χ1) is 8.04. The molecule has 0 spiro atoms. The van der Waals surface area contributed by atoms with E-state index in [1.165, 1.54) is 0 Å². The van der Waals surface area contributed by atoms with Crippen LogP contribution in [-0.4, -0.2) is 37.7 Å². The van der Waals surface area contributed by atoms with Crippen molar-refractivity contribution in [2.75, 3.05) is 26.3 Å². The van der Waals surface area contributed by atoms with Gasteiger partial charge in [-0.25, -0.2) is 0 Å². The van der Waals surface area contributed by atoms with Crippen LogP contribution >= 0.6 is 0 Å². The number of nitrogens with one attached hydrogen (secondary N) is 2. The fraction of sp³-hybridized carbons (Fsp3) is 0.923. The minimum absolute atomic E-state index is 0.0736. The van der Waals surface area contributed by atoms with E-state index in [9.17, 15) is 4.79 Å². The van der Waals surface area contributed by atoms with Crippen molar-refractivity contribution in [3.63, 3.8) is 0 Å². The molecule has 2 aliphatic heterocycles. The predicted molar refractivity (Wildman–Crippen MR) is 66.8 cm³/mol. The highest BCUT2D eigenvalue weighted by Gasteiger charge is 2.38. The summed E-state index contributed by atoms with van der Waals surface area (Å²) in [7, 11) is 0. The molecule has 1 amide bonds. The molecule has 0 aromatic rings. The monoisotopic (exact) mass is 240 g/mol. The van der Waals surface area contributed by atoms with E-state index < -0.39 is 0 Å². The Balaban J connectivity index is 1.95. The topological polar surface area (TPSA) is 50.4 Å². The van der Waals surface area contributed by atoms with E-state index in [1.54, 1.807) is 0 Å². The van der Waals surface area contributed by atoms with E-state index in [4.69, 9.17) is 4.74 Å². The van der Waals surface area contributed by atoms with Crippen molar-refractivity contribution < 1.29 is 9.53 Å². The summed E-state index contributed by atoms with van der Waals surface area (Å²) in [6, 6.07) is 0. The minimum Gasteiger partial charge on any atom is -0.381 e. The summed E-state index contributed by atoms with van der Waals surface area (Å²) < 4.78 is 5.35. The number of piperidine rings is 1. The van der Waals surface area contributed by atoms with Gasteiger partial charge in [-0.2, -0.15) is 0 Å². The number of ether oxygens (including phenoxy) is 1. The van der Waals surface area contributed by atoms with Crippen molar-refractivity contribution in [1.82, 2.24) is 10.6 Å². The highest BCUT2D eigenvalue weighted by Crippen LogP contribution is 2.28. The summed E-state index contributed by atoms with van der Waals surface area (Å²) in [4.78, 5) is 12.4. The van der Waals surface area contributed by atoms with E-state index in [0.29, 0.717) is 0 Å². The van der Waals surface area contributed by atoms with Gasteiger partial charge in [0.05, 0.1) is 5.41 Å². The van der Waals surface area contributed by atoms with Gasteiger partial charge in [0.1, 0.15) is 0 Å². The molecule has 0 aromatic heterocycles. The lowest BCUT2D eigenvalue weighted by molar-refractivity contribution is -0.134. The first-order valence-electron chi connectivity index (χ1n) is 6.65. The van der Waals surface area contributed by atoms with Crippen LogP contribution < -0.4 is 10.6 Å². The quantitative estimate of drug-likeness (QED) is 0.759. The Hall–Kier alpha value is -0.610. The maximum atomic E-state index is 12.4. The molecule has 0 aromatic carbocycles. The van der Waals surface area contributed by atoms with Gasteiger partial charge >= 0.3 is 0 Å². The molecule has 2 aliphatic rings. The third-order valence-electron chi connectivity index (χ3n) is 4.16. The Morgan fingerprint density at radius 2 is 1.94 bits per heavy atom. The standard InChI is InChI=1S/C13H24N2O2/c1-12(4-3-7-14-10-12)11(16)15-13(2)5-8-17-9-6-13/h14H,3-10H2,1-2H3,(H,15,16). The first kappa shape index (κ1) is 12.8. The molecule has 0 bridgehead atoms.